The third-order valence-electron chi connectivity index (χ3n) is 14.7. The number of hydrogen-bond acceptors (Lipinski definition) is 9. The maximum Gasteiger partial charge on any atom is 0.115 e. The van der Waals surface area contributed by atoms with Gasteiger partial charge in [0.2, 0.25) is 0 Å². The molecule has 0 saturated heterocycles. The summed E-state index contributed by atoms with van der Waals surface area (Å²) in [5.41, 5.74) is 10.4. The molecule has 77 heavy (non-hydrogen) atoms. The van der Waals surface area contributed by atoms with E-state index in [1.807, 2.05) is 109 Å². The van der Waals surface area contributed by atoms with Crippen molar-refractivity contribution in [2.24, 2.45) is 0 Å². The molecule has 0 unspecified atom stereocenters. The van der Waals surface area contributed by atoms with Crippen LogP contribution in [0.1, 0.15) is 94.8 Å². The molecular formula is C68H62O9. The predicted octanol–water partition coefficient (Wildman–Crippen LogP) is 14.6. The van der Waals surface area contributed by atoms with Crippen LogP contribution in [0.5, 0.6) is 51.7 Å². The topological polar surface area (TPSA) is 182 Å². The van der Waals surface area contributed by atoms with Gasteiger partial charge in [-0.2, -0.15) is 0 Å². The van der Waals surface area contributed by atoms with Crippen LogP contribution >= 0.6 is 0 Å². The van der Waals surface area contributed by atoms with Crippen LogP contribution in [0, 0.1) is 0 Å². The van der Waals surface area contributed by atoms with Crippen LogP contribution in [-0.2, 0) is 16.2 Å². The van der Waals surface area contributed by atoms with Gasteiger partial charge in [-0.3, -0.25) is 0 Å². The fourth-order valence-electron chi connectivity index (χ4n) is 9.82. The first-order valence-electron chi connectivity index (χ1n) is 25.1. The molecule has 388 valence electrons. The van der Waals surface area contributed by atoms with Crippen molar-refractivity contribution in [3.63, 3.8) is 0 Å². The Morgan fingerprint density at radius 1 is 0.195 bits per heavy atom. The molecule has 10 aromatic carbocycles. The Balaban J connectivity index is 0.000000157. The lowest BCUT2D eigenvalue weighted by Crippen LogP contribution is -2.26. The highest BCUT2D eigenvalue weighted by Gasteiger charge is 2.33. The summed E-state index contributed by atoms with van der Waals surface area (Å²) in [5.74, 6) is 1.99. The Morgan fingerprint density at radius 3 is 0.506 bits per heavy atom. The summed E-state index contributed by atoms with van der Waals surface area (Å²) in [6, 6.07) is 73.0. The molecule has 9 N–H and O–H groups in total. The van der Waals surface area contributed by atoms with Gasteiger partial charge in [-0.15, -0.1) is 0 Å². The highest BCUT2D eigenvalue weighted by molar-refractivity contribution is 5.55. The van der Waals surface area contributed by atoms with Crippen molar-refractivity contribution in [3.8, 4) is 51.7 Å². The smallest absolute Gasteiger partial charge is 0.115 e. The van der Waals surface area contributed by atoms with Gasteiger partial charge in [-0.05, 0) is 184 Å². The van der Waals surface area contributed by atoms with Crippen molar-refractivity contribution < 1.29 is 46.0 Å². The fraction of sp³-hybridized carbons (Fsp3) is 0.118. The van der Waals surface area contributed by atoms with E-state index in [2.05, 4.69) is 52.0 Å². The third-order valence-corrected chi connectivity index (χ3v) is 14.7. The Bertz CT molecular complexity index is 3200. The minimum Gasteiger partial charge on any atom is -0.508 e. The molecule has 0 heterocycles. The molecule has 0 aliphatic carbocycles. The van der Waals surface area contributed by atoms with Gasteiger partial charge in [-0.1, -0.05) is 147 Å². The summed E-state index contributed by atoms with van der Waals surface area (Å²) >= 11 is 0. The number of phenols is 9. The zero-order valence-electron chi connectivity index (χ0n) is 43.2. The standard InChI is InChI=1S/C29H28O3.C20H18O3.C19H16O3/c1-28(2,21-8-14-25(30)15-9-21)20-4-6-22(7-5-20)29(3,23-10-16-26(31)17-11-23)24-12-18-27(32)19-13-24;1-20(14-2-8-17(21)9-3-14,15-4-10-18(22)11-5-15)16-6-12-19(23)13-7-16;20-16-7-1-13(2-8-16)19(14-3-9-17(21)10-4-14)15-5-11-18(22)12-6-15/h4-19,30-32H,1-3H3;2-13,21-23H,1H3;1-12,19-22H. The van der Waals surface area contributed by atoms with Crippen LogP contribution in [0.4, 0.5) is 0 Å². The Kier molecular flexibility index (Phi) is 16.0. The van der Waals surface area contributed by atoms with Crippen LogP contribution in [0.25, 0.3) is 0 Å². The predicted molar refractivity (Wildman–Crippen MR) is 304 cm³/mol. The summed E-state index contributed by atoms with van der Waals surface area (Å²) in [7, 11) is 0. The van der Waals surface area contributed by atoms with E-state index in [0.29, 0.717) is 0 Å². The molecule has 9 heteroatoms. The summed E-state index contributed by atoms with van der Waals surface area (Å²) in [4.78, 5) is 0. The minimum absolute atomic E-state index is 0.0400. The highest BCUT2D eigenvalue weighted by Crippen LogP contribution is 2.43. The Labute approximate surface area is 449 Å². The van der Waals surface area contributed by atoms with E-state index in [1.54, 1.807) is 109 Å². The van der Waals surface area contributed by atoms with Crippen molar-refractivity contribution in [1.29, 1.82) is 0 Å². The average molecular weight is 1020 g/mol. The van der Waals surface area contributed by atoms with E-state index in [-0.39, 0.29) is 63.1 Å². The first kappa shape index (κ1) is 53.7. The van der Waals surface area contributed by atoms with Gasteiger partial charge >= 0.3 is 0 Å². The van der Waals surface area contributed by atoms with E-state index in [9.17, 15) is 46.0 Å². The Hall–Kier alpha value is -9.60. The molecule has 10 aromatic rings. The lowest BCUT2D eigenvalue weighted by molar-refractivity contribution is 0.473. The van der Waals surface area contributed by atoms with Gasteiger partial charge < -0.3 is 46.0 Å². The molecule has 0 spiro atoms. The van der Waals surface area contributed by atoms with E-state index in [1.165, 1.54) is 5.56 Å². The number of aromatic hydroxyl groups is 9. The SMILES string of the molecule is CC(C)(c1ccc(O)cc1)c1ccc(C(C)(c2ccc(O)cc2)c2ccc(O)cc2)cc1.CC(c1ccc(O)cc1)(c1ccc(O)cc1)c1ccc(O)cc1.Oc1ccc(C(c2ccc(O)cc2)c2ccc(O)cc2)cc1. The second-order valence-corrected chi connectivity index (χ2v) is 19.9. The molecule has 0 radical (unpaired) electrons. The number of hydrogen-bond donors (Lipinski definition) is 9. The quantitative estimate of drug-likeness (QED) is 0.0570. The summed E-state index contributed by atoms with van der Waals surface area (Å²) in [5, 5.41) is 86.4. The molecule has 0 atom stereocenters. The second kappa shape index (κ2) is 22.9. The van der Waals surface area contributed by atoms with E-state index in [4.69, 9.17) is 0 Å². The monoisotopic (exact) mass is 1020 g/mol. The van der Waals surface area contributed by atoms with Crippen molar-refractivity contribution >= 4 is 0 Å². The van der Waals surface area contributed by atoms with Gasteiger partial charge in [0.05, 0.1) is 0 Å². The molecule has 0 saturated carbocycles. The number of benzene rings is 10. The fourth-order valence-corrected chi connectivity index (χ4v) is 9.82. The molecule has 0 aromatic heterocycles. The van der Waals surface area contributed by atoms with Crippen molar-refractivity contribution in [2.75, 3.05) is 0 Å². The normalized spacial score (nSPS) is 11.4. The van der Waals surface area contributed by atoms with E-state index < -0.39 is 10.8 Å². The first-order chi connectivity index (χ1) is 36.8. The number of phenolic OH excluding ortho intramolecular Hbond substituents is 9. The summed E-state index contributed by atoms with van der Waals surface area (Å²) in [6.45, 7) is 8.59. The largest absolute Gasteiger partial charge is 0.508 e. The van der Waals surface area contributed by atoms with Gasteiger partial charge in [0, 0.05) is 22.2 Å². The molecule has 9 nitrogen and oxygen atoms in total. The zero-order valence-corrected chi connectivity index (χ0v) is 43.2. The molecule has 0 amide bonds. The molecular weight excluding hydrogens is 961 g/mol. The van der Waals surface area contributed by atoms with Gasteiger partial charge in [0.1, 0.15) is 51.7 Å². The second-order valence-electron chi connectivity index (χ2n) is 19.9. The number of rotatable bonds is 11. The van der Waals surface area contributed by atoms with Crippen LogP contribution in [0.3, 0.4) is 0 Å². The van der Waals surface area contributed by atoms with Gasteiger partial charge in [0.15, 0.2) is 0 Å². The van der Waals surface area contributed by atoms with Gasteiger partial charge in [0.25, 0.3) is 0 Å². The van der Waals surface area contributed by atoms with Crippen molar-refractivity contribution in [1.82, 2.24) is 0 Å². The third kappa shape index (κ3) is 12.2. The van der Waals surface area contributed by atoms with Crippen molar-refractivity contribution in [3.05, 3.63) is 304 Å². The van der Waals surface area contributed by atoms with E-state index >= 15 is 0 Å². The lowest BCUT2D eigenvalue weighted by atomic mass is 9.70. The van der Waals surface area contributed by atoms with Crippen LogP contribution in [-0.4, -0.2) is 46.0 Å². The summed E-state index contributed by atoms with van der Waals surface area (Å²) in [6.07, 6.45) is 0. The lowest BCUT2D eigenvalue weighted by Gasteiger charge is -2.33. The Morgan fingerprint density at radius 2 is 0.325 bits per heavy atom. The highest BCUT2D eigenvalue weighted by atomic mass is 16.3. The van der Waals surface area contributed by atoms with Crippen LogP contribution in [0.15, 0.2) is 243 Å². The summed E-state index contributed by atoms with van der Waals surface area (Å²) < 4.78 is 0. The zero-order chi connectivity index (χ0) is 54.9. The molecule has 10 rings (SSSR count). The average Bonchev–Trinajstić information content (AvgIpc) is 3.45. The van der Waals surface area contributed by atoms with Crippen LogP contribution < -0.4 is 0 Å². The van der Waals surface area contributed by atoms with E-state index in [0.717, 1.165) is 55.6 Å². The maximum atomic E-state index is 9.80. The maximum absolute atomic E-state index is 9.80. The molecule has 0 aliphatic heterocycles. The van der Waals surface area contributed by atoms with Crippen LogP contribution in [0.2, 0.25) is 0 Å². The van der Waals surface area contributed by atoms with Gasteiger partial charge in [-0.25, -0.2) is 0 Å². The molecule has 0 aliphatic rings. The molecule has 0 fully saturated rings. The first-order valence-corrected chi connectivity index (χ1v) is 25.1. The van der Waals surface area contributed by atoms with Crippen molar-refractivity contribution in [2.45, 2.75) is 49.9 Å². The minimum atomic E-state index is -0.477. The molecule has 0 bridgehead atoms.